The Morgan fingerprint density at radius 2 is 2.14 bits per heavy atom. The highest BCUT2D eigenvalue weighted by Gasteiger charge is 2.04. The molecular formula is C10H18N4. The van der Waals surface area contributed by atoms with Gasteiger partial charge in [-0.1, -0.05) is 6.92 Å². The first kappa shape index (κ1) is 10.9. The summed E-state index contributed by atoms with van der Waals surface area (Å²) in [5.74, 6) is 0.875. The summed E-state index contributed by atoms with van der Waals surface area (Å²) in [6.07, 6.45) is 0.921. The summed E-state index contributed by atoms with van der Waals surface area (Å²) in [6, 6.07) is 4.13. The van der Waals surface area contributed by atoms with E-state index in [4.69, 9.17) is 5.73 Å². The fourth-order valence-electron chi connectivity index (χ4n) is 1.27. The second-order valence-corrected chi connectivity index (χ2v) is 3.59. The third-order valence-electron chi connectivity index (χ3n) is 2.02. The van der Waals surface area contributed by atoms with Gasteiger partial charge >= 0.3 is 0 Å². The van der Waals surface area contributed by atoms with Crippen molar-refractivity contribution in [3.63, 3.8) is 0 Å². The van der Waals surface area contributed by atoms with Crippen LogP contribution in [0.4, 0.5) is 5.82 Å². The molecule has 4 heteroatoms. The number of rotatable bonds is 4. The summed E-state index contributed by atoms with van der Waals surface area (Å²) in [4.78, 5) is 2.01. The molecule has 0 fully saturated rings. The van der Waals surface area contributed by atoms with Crippen LogP contribution < -0.4 is 10.6 Å². The molecule has 1 unspecified atom stereocenters. The minimum absolute atomic E-state index is 0.146. The van der Waals surface area contributed by atoms with E-state index in [2.05, 4.69) is 17.1 Å². The maximum atomic E-state index is 5.70. The van der Waals surface area contributed by atoms with Gasteiger partial charge in [0.1, 0.15) is 0 Å². The van der Waals surface area contributed by atoms with Crippen LogP contribution in [0.3, 0.4) is 0 Å². The van der Waals surface area contributed by atoms with Gasteiger partial charge in [0.15, 0.2) is 5.82 Å². The van der Waals surface area contributed by atoms with Gasteiger partial charge in [0, 0.05) is 19.6 Å². The topological polar surface area (TPSA) is 55.0 Å². The van der Waals surface area contributed by atoms with E-state index in [1.807, 2.05) is 31.0 Å². The van der Waals surface area contributed by atoms with E-state index in [1.165, 1.54) is 0 Å². The van der Waals surface area contributed by atoms with Crippen LogP contribution in [0.15, 0.2) is 12.1 Å². The average Bonchev–Trinajstić information content (AvgIpc) is 2.17. The van der Waals surface area contributed by atoms with Crippen molar-refractivity contribution in [3.8, 4) is 0 Å². The highest BCUT2D eigenvalue weighted by atomic mass is 15.2. The van der Waals surface area contributed by atoms with E-state index < -0.39 is 0 Å². The first-order chi connectivity index (χ1) is 6.63. The maximum Gasteiger partial charge on any atom is 0.151 e. The molecule has 0 aliphatic rings. The van der Waals surface area contributed by atoms with Crippen molar-refractivity contribution < 1.29 is 0 Å². The highest BCUT2D eigenvalue weighted by Crippen LogP contribution is 2.07. The first-order valence-corrected chi connectivity index (χ1v) is 4.92. The molecule has 0 aromatic carbocycles. The van der Waals surface area contributed by atoms with Crippen molar-refractivity contribution >= 4 is 5.82 Å². The molecule has 0 spiro atoms. The van der Waals surface area contributed by atoms with E-state index in [9.17, 15) is 0 Å². The molecule has 0 amide bonds. The molecule has 1 rings (SSSR count). The van der Waals surface area contributed by atoms with Crippen molar-refractivity contribution in [2.24, 2.45) is 5.73 Å². The SMILES string of the molecule is CCc1ccc(N(C)CC(C)N)nn1. The predicted molar refractivity (Wildman–Crippen MR) is 58.3 cm³/mol. The van der Waals surface area contributed by atoms with Gasteiger partial charge in [-0.2, -0.15) is 5.10 Å². The molecule has 1 atom stereocenters. The number of nitrogens with zero attached hydrogens (tertiary/aromatic N) is 3. The van der Waals surface area contributed by atoms with Crippen molar-refractivity contribution in [1.29, 1.82) is 0 Å². The van der Waals surface area contributed by atoms with Gasteiger partial charge in [0.2, 0.25) is 0 Å². The number of hydrogen-bond acceptors (Lipinski definition) is 4. The molecule has 0 radical (unpaired) electrons. The molecule has 0 saturated heterocycles. The van der Waals surface area contributed by atoms with Crippen LogP contribution in [-0.2, 0) is 6.42 Å². The number of nitrogens with two attached hydrogens (primary N) is 1. The number of hydrogen-bond donors (Lipinski definition) is 1. The van der Waals surface area contributed by atoms with Gasteiger partial charge < -0.3 is 10.6 Å². The first-order valence-electron chi connectivity index (χ1n) is 4.92. The number of aromatic nitrogens is 2. The standard InChI is InChI=1S/C10H18N4/c1-4-9-5-6-10(13-12-9)14(3)7-8(2)11/h5-6,8H,4,7,11H2,1-3H3. The Morgan fingerprint density at radius 1 is 1.43 bits per heavy atom. The van der Waals surface area contributed by atoms with Crippen LogP contribution in [0.25, 0.3) is 0 Å². The van der Waals surface area contributed by atoms with Gasteiger partial charge in [-0.05, 0) is 25.5 Å². The number of likely N-dealkylation sites (N-methyl/N-ethyl adjacent to an activating group) is 1. The molecule has 4 nitrogen and oxygen atoms in total. The highest BCUT2D eigenvalue weighted by molar-refractivity contribution is 5.36. The quantitative estimate of drug-likeness (QED) is 0.771. The third kappa shape index (κ3) is 2.96. The summed E-state index contributed by atoms with van der Waals surface area (Å²) in [6.45, 7) is 4.83. The zero-order valence-corrected chi connectivity index (χ0v) is 9.07. The predicted octanol–water partition coefficient (Wildman–Crippen LogP) is 0.822. The minimum Gasteiger partial charge on any atom is -0.357 e. The van der Waals surface area contributed by atoms with Crippen LogP contribution in [0, 0.1) is 0 Å². The molecule has 1 aromatic rings. The average molecular weight is 194 g/mol. The molecule has 1 heterocycles. The smallest absolute Gasteiger partial charge is 0.151 e. The van der Waals surface area contributed by atoms with E-state index in [0.717, 1.165) is 24.5 Å². The summed E-state index contributed by atoms with van der Waals surface area (Å²) in [5, 5.41) is 8.22. The van der Waals surface area contributed by atoms with Crippen LogP contribution >= 0.6 is 0 Å². The Morgan fingerprint density at radius 3 is 2.57 bits per heavy atom. The van der Waals surface area contributed by atoms with Gasteiger partial charge in [0.25, 0.3) is 0 Å². The Hall–Kier alpha value is -1.16. The summed E-state index contributed by atoms with van der Waals surface area (Å²) in [7, 11) is 1.97. The van der Waals surface area contributed by atoms with E-state index >= 15 is 0 Å². The van der Waals surface area contributed by atoms with Crippen LogP contribution in [0.2, 0.25) is 0 Å². The third-order valence-corrected chi connectivity index (χ3v) is 2.02. The Balaban J connectivity index is 2.66. The fraction of sp³-hybridized carbons (Fsp3) is 0.600. The van der Waals surface area contributed by atoms with Crippen LogP contribution in [0.1, 0.15) is 19.5 Å². The second-order valence-electron chi connectivity index (χ2n) is 3.59. The lowest BCUT2D eigenvalue weighted by Gasteiger charge is -2.19. The zero-order valence-electron chi connectivity index (χ0n) is 9.07. The zero-order chi connectivity index (χ0) is 10.6. The maximum absolute atomic E-state index is 5.70. The largest absolute Gasteiger partial charge is 0.357 e. The van der Waals surface area contributed by atoms with E-state index in [1.54, 1.807) is 0 Å². The molecular weight excluding hydrogens is 176 g/mol. The second kappa shape index (κ2) is 4.91. The van der Waals surface area contributed by atoms with Crippen molar-refractivity contribution in [2.75, 3.05) is 18.5 Å². The van der Waals surface area contributed by atoms with Gasteiger partial charge in [0.05, 0.1) is 5.69 Å². The van der Waals surface area contributed by atoms with E-state index in [-0.39, 0.29) is 6.04 Å². The minimum atomic E-state index is 0.146. The van der Waals surface area contributed by atoms with E-state index in [0.29, 0.717) is 0 Å². The Labute approximate surface area is 85.1 Å². The van der Waals surface area contributed by atoms with Crippen molar-refractivity contribution in [2.45, 2.75) is 26.3 Å². The number of anilines is 1. The van der Waals surface area contributed by atoms with Crippen molar-refractivity contribution in [3.05, 3.63) is 17.8 Å². The van der Waals surface area contributed by atoms with Crippen molar-refractivity contribution in [1.82, 2.24) is 10.2 Å². The monoisotopic (exact) mass is 194 g/mol. The van der Waals surface area contributed by atoms with Crippen LogP contribution in [-0.4, -0.2) is 29.8 Å². The molecule has 0 saturated carbocycles. The lowest BCUT2D eigenvalue weighted by molar-refractivity contribution is 0.706. The molecule has 0 bridgehead atoms. The van der Waals surface area contributed by atoms with Gasteiger partial charge in [-0.3, -0.25) is 0 Å². The number of aryl methyl sites for hydroxylation is 1. The molecule has 2 N–H and O–H groups in total. The molecule has 0 aliphatic heterocycles. The summed E-state index contributed by atoms with van der Waals surface area (Å²) < 4.78 is 0. The molecule has 0 aliphatic carbocycles. The van der Waals surface area contributed by atoms with Gasteiger partial charge in [-0.15, -0.1) is 5.10 Å². The molecule has 14 heavy (non-hydrogen) atoms. The van der Waals surface area contributed by atoms with Crippen LogP contribution in [0.5, 0.6) is 0 Å². The lowest BCUT2D eigenvalue weighted by atomic mass is 10.3. The fourth-order valence-corrected chi connectivity index (χ4v) is 1.27. The molecule has 1 aromatic heterocycles. The lowest BCUT2D eigenvalue weighted by Crippen LogP contribution is -2.33. The van der Waals surface area contributed by atoms with Gasteiger partial charge in [-0.25, -0.2) is 0 Å². The summed E-state index contributed by atoms with van der Waals surface area (Å²) >= 11 is 0. The Bertz CT molecular complexity index is 268. The normalized spacial score (nSPS) is 12.6. The summed E-state index contributed by atoms with van der Waals surface area (Å²) in [5.41, 5.74) is 6.71. The Kier molecular flexibility index (Phi) is 3.83. The molecule has 78 valence electrons.